The molecule has 1 heterocycles. The van der Waals surface area contributed by atoms with Crippen LogP contribution in [0.2, 0.25) is 0 Å². The number of benzene rings is 2. The maximum Gasteiger partial charge on any atom is 0.368 e. The predicted molar refractivity (Wildman–Crippen MR) is 86.5 cm³/mol. The van der Waals surface area contributed by atoms with Crippen LogP contribution in [0.25, 0.3) is 5.69 Å². The van der Waals surface area contributed by atoms with Crippen molar-refractivity contribution < 1.29 is 9.13 Å². The van der Waals surface area contributed by atoms with Gasteiger partial charge in [0.25, 0.3) is 0 Å². The Kier molecular flexibility index (Phi) is 4.55. The number of ether oxygens (including phenoxy) is 1. The van der Waals surface area contributed by atoms with Crippen LogP contribution in [0.5, 0.6) is 5.75 Å². The Balaban J connectivity index is 1.57. The molecule has 3 rings (SSSR count). The van der Waals surface area contributed by atoms with Crippen molar-refractivity contribution in [2.75, 3.05) is 12.3 Å². The van der Waals surface area contributed by atoms with E-state index in [-0.39, 0.29) is 11.5 Å². The maximum absolute atomic E-state index is 12.8. The Hall–Kier alpha value is -3.16. The van der Waals surface area contributed by atoms with E-state index in [4.69, 9.17) is 10.5 Å². The molecule has 0 saturated carbocycles. The highest BCUT2D eigenvalue weighted by Gasteiger charge is 2.08. The summed E-state index contributed by atoms with van der Waals surface area (Å²) in [4.78, 5) is 12.2. The molecule has 0 saturated heterocycles. The van der Waals surface area contributed by atoms with Gasteiger partial charge in [0, 0.05) is 12.1 Å². The Labute approximate surface area is 137 Å². The molecule has 124 valence electrons. The largest absolute Gasteiger partial charge is 0.494 e. The predicted octanol–water partition coefficient (Wildman–Crippen LogP) is 1.62. The Morgan fingerprint density at radius 3 is 2.46 bits per heavy atom. The molecular weight excluding hydrogens is 313 g/mol. The summed E-state index contributed by atoms with van der Waals surface area (Å²) in [5, 5.41) is 7.71. The highest BCUT2D eigenvalue weighted by atomic mass is 19.1. The summed E-state index contributed by atoms with van der Waals surface area (Å²) in [5.41, 5.74) is 6.50. The summed E-state index contributed by atoms with van der Waals surface area (Å²) >= 11 is 0. The van der Waals surface area contributed by atoms with Gasteiger partial charge in [-0.05, 0) is 59.0 Å². The molecule has 0 atom stereocenters. The van der Waals surface area contributed by atoms with Gasteiger partial charge < -0.3 is 10.5 Å². The van der Waals surface area contributed by atoms with Crippen LogP contribution in [0.15, 0.2) is 53.3 Å². The zero-order valence-electron chi connectivity index (χ0n) is 12.8. The molecule has 0 aliphatic rings. The highest BCUT2D eigenvalue weighted by Crippen LogP contribution is 2.11. The lowest BCUT2D eigenvalue weighted by Gasteiger charge is -2.05. The van der Waals surface area contributed by atoms with Crippen molar-refractivity contribution in [1.82, 2.24) is 19.8 Å². The van der Waals surface area contributed by atoms with Crippen molar-refractivity contribution in [2.45, 2.75) is 13.0 Å². The third-order valence-electron chi connectivity index (χ3n) is 3.37. The van der Waals surface area contributed by atoms with Gasteiger partial charge in [-0.15, -0.1) is 0 Å². The molecule has 3 aromatic rings. The van der Waals surface area contributed by atoms with E-state index in [1.165, 1.54) is 21.5 Å². The summed E-state index contributed by atoms with van der Waals surface area (Å²) in [5.74, 6) is 0.266. The van der Waals surface area contributed by atoms with Crippen LogP contribution in [-0.4, -0.2) is 26.4 Å². The standard InChI is InChI=1S/C16H16FN5O2/c17-12-2-8-15(9-3-12)24-11-1-10-21-16(23)22(20-19-21)14-6-4-13(18)5-7-14/h2-9H,1,10-11,18H2. The van der Waals surface area contributed by atoms with Crippen molar-refractivity contribution in [1.29, 1.82) is 0 Å². The van der Waals surface area contributed by atoms with Gasteiger partial charge in [-0.1, -0.05) is 0 Å². The quantitative estimate of drug-likeness (QED) is 0.548. The summed E-state index contributed by atoms with van der Waals surface area (Å²) in [6, 6.07) is 12.6. The number of anilines is 1. The third-order valence-corrected chi connectivity index (χ3v) is 3.37. The van der Waals surface area contributed by atoms with E-state index >= 15 is 0 Å². The van der Waals surface area contributed by atoms with Gasteiger partial charge in [0.15, 0.2) is 0 Å². The SMILES string of the molecule is Nc1ccc(-n2nnn(CCCOc3ccc(F)cc3)c2=O)cc1. The zero-order valence-corrected chi connectivity index (χ0v) is 12.8. The minimum Gasteiger partial charge on any atom is -0.494 e. The average molecular weight is 329 g/mol. The second-order valence-electron chi connectivity index (χ2n) is 5.14. The number of nitrogens with zero attached hydrogens (tertiary/aromatic N) is 4. The molecule has 0 aliphatic carbocycles. The summed E-state index contributed by atoms with van der Waals surface area (Å²) in [6.45, 7) is 0.752. The lowest BCUT2D eigenvalue weighted by molar-refractivity contribution is 0.296. The van der Waals surface area contributed by atoms with E-state index in [1.54, 1.807) is 36.4 Å². The van der Waals surface area contributed by atoms with E-state index in [0.717, 1.165) is 0 Å². The Morgan fingerprint density at radius 1 is 1.04 bits per heavy atom. The topological polar surface area (TPSA) is 88.0 Å². The average Bonchev–Trinajstić information content (AvgIpc) is 2.95. The molecule has 8 heteroatoms. The number of aryl methyl sites for hydroxylation is 1. The van der Waals surface area contributed by atoms with Crippen molar-refractivity contribution in [3.63, 3.8) is 0 Å². The minimum atomic E-state index is -0.332. The second-order valence-corrected chi connectivity index (χ2v) is 5.14. The lowest BCUT2D eigenvalue weighted by Crippen LogP contribution is -2.25. The first kappa shape index (κ1) is 15.7. The normalized spacial score (nSPS) is 10.7. The molecule has 0 bridgehead atoms. The summed E-state index contributed by atoms with van der Waals surface area (Å²) < 4.78 is 20.7. The van der Waals surface area contributed by atoms with Crippen LogP contribution in [-0.2, 0) is 6.54 Å². The van der Waals surface area contributed by atoms with Gasteiger partial charge >= 0.3 is 5.69 Å². The highest BCUT2D eigenvalue weighted by molar-refractivity contribution is 5.44. The van der Waals surface area contributed by atoms with Crippen LogP contribution in [0, 0.1) is 5.82 Å². The smallest absolute Gasteiger partial charge is 0.368 e. The number of halogens is 1. The van der Waals surface area contributed by atoms with Gasteiger partial charge in [-0.2, -0.15) is 9.36 Å². The Bertz CT molecular complexity index is 855. The van der Waals surface area contributed by atoms with Gasteiger partial charge in [0.1, 0.15) is 11.6 Å². The molecule has 0 amide bonds. The summed E-state index contributed by atoms with van der Waals surface area (Å²) in [6.07, 6.45) is 0.567. The van der Waals surface area contributed by atoms with E-state index in [1.807, 2.05) is 0 Å². The van der Waals surface area contributed by atoms with Crippen LogP contribution >= 0.6 is 0 Å². The first-order valence-corrected chi connectivity index (χ1v) is 7.40. The van der Waals surface area contributed by atoms with E-state index in [0.29, 0.717) is 36.7 Å². The number of rotatable bonds is 6. The van der Waals surface area contributed by atoms with Gasteiger partial charge in [0.2, 0.25) is 0 Å². The fraction of sp³-hybridized carbons (Fsp3) is 0.188. The molecule has 0 radical (unpaired) electrons. The number of tetrazole rings is 1. The fourth-order valence-electron chi connectivity index (χ4n) is 2.13. The molecule has 1 aromatic heterocycles. The second kappa shape index (κ2) is 6.95. The molecule has 0 spiro atoms. The number of hydrogen-bond donors (Lipinski definition) is 1. The number of nitrogen functional groups attached to an aromatic ring is 1. The van der Waals surface area contributed by atoms with Crippen LogP contribution in [0.4, 0.5) is 10.1 Å². The molecule has 0 aliphatic heterocycles. The van der Waals surface area contributed by atoms with Crippen LogP contribution in [0.1, 0.15) is 6.42 Å². The van der Waals surface area contributed by atoms with Crippen LogP contribution in [0.3, 0.4) is 0 Å². The third kappa shape index (κ3) is 3.60. The number of aromatic nitrogens is 4. The molecule has 0 unspecified atom stereocenters. The molecule has 2 N–H and O–H groups in total. The first-order chi connectivity index (χ1) is 11.6. The van der Waals surface area contributed by atoms with Gasteiger partial charge in [0.05, 0.1) is 18.8 Å². The van der Waals surface area contributed by atoms with Crippen molar-refractivity contribution in [3.8, 4) is 11.4 Å². The van der Waals surface area contributed by atoms with Gasteiger partial charge in [-0.25, -0.2) is 9.18 Å². The fourth-order valence-corrected chi connectivity index (χ4v) is 2.13. The van der Waals surface area contributed by atoms with Crippen molar-refractivity contribution >= 4 is 5.69 Å². The molecule has 24 heavy (non-hydrogen) atoms. The first-order valence-electron chi connectivity index (χ1n) is 7.40. The molecule has 7 nitrogen and oxygen atoms in total. The van der Waals surface area contributed by atoms with Crippen molar-refractivity contribution in [2.24, 2.45) is 0 Å². The van der Waals surface area contributed by atoms with E-state index in [2.05, 4.69) is 10.4 Å². The van der Waals surface area contributed by atoms with Crippen LogP contribution < -0.4 is 16.2 Å². The van der Waals surface area contributed by atoms with Crippen molar-refractivity contribution in [3.05, 3.63) is 64.8 Å². The maximum atomic E-state index is 12.8. The monoisotopic (exact) mass is 329 g/mol. The molecule has 0 fully saturated rings. The number of hydrogen-bond acceptors (Lipinski definition) is 5. The molecule has 2 aromatic carbocycles. The number of nitrogens with two attached hydrogens (primary N) is 1. The summed E-state index contributed by atoms with van der Waals surface area (Å²) in [7, 11) is 0. The van der Waals surface area contributed by atoms with E-state index in [9.17, 15) is 9.18 Å². The Morgan fingerprint density at radius 2 is 1.75 bits per heavy atom. The minimum absolute atomic E-state index is 0.312. The van der Waals surface area contributed by atoms with E-state index < -0.39 is 0 Å². The zero-order chi connectivity index (χ0) is 16.9. The van der Waals surface area contributed by atoms with Gasteiger partial charge in [-0.3, -0.25) is 0 Å². The molecular formula is C16H16FN5O2. The lowest BCUT2D eigenvalue weighted by atomic mass is 10.3.